The van der Waals surface area contributed by atoms with E-state index in [0.717, 1.165) is 12.8 Å². The molecule has 1 aliphatic carbocycles. The van der Waals surface area contributed by atoms with Crippen molar-refractivity contribution in [3.05, 3.63) is 58.0 Å². The Hall–Kier alpha value is -2.97. The van der Waals surface area contributed by atoms with Crippen molar-refractivity contribution in [2.45, 2.75) is 23.9 Å². The zero-order chi connectivity index (χ0) is 22.6. The first-order valence-corrected chi connectivity index (χ1v) is 11.4. The topological polar surface area (TPSA) is 71.4 Å². The molecule has 1 saturated carbocycles. The summed E-state index contributed by atoms with van der Waals surface area (Å²) in [6.07, 6.45) is 1.96. The van der Waals surface area contributed by atoms with E-state index < -0.39 is 5.82 Å². The van der Waals surface area contributed by atoms with Crippen molar-refractivity contribution in [2.24, 2.45) is 0 Å². The smallest absolute Gasteiger partial charge is 0.238 e. The lowest BCUT2D eigenvalue weighted by atomic mass is 10.0. The van der Waals surface area contributed by atoms with Crippen LogP contribution in [0.5, 0.6) is 0 Å². The number of aromatic nitrogens is 1. The number of nitrogens with zero attached hydrogens (tertiary/aromatic N) is 2. The lowest BCUT2D eigenvalue weighted by Crippen LogP contribution is -2.27. The summed E-state index contributed by atoms with van der Waals surface area (Å²) in [5.74, 6) is -0.569. The van der Waals surface area contributed by atoms with Crippen molar-refractivity contribution in [3.8, 4) is 11.1 Å². The quantitative estimate of drug-likeness (QED) is 0.637. The molecule has 1 aliphatic heterocycles. The number of likely N-dealkylation sites (N-methyl/N-ethyl adjacent to an activating group) is 1. The third-order valence-corrected chi connectivity index (χ3v) is 6.80. The predicted octanol–water partition coefficient (Wildman–Crippen LogP) is 3.93. The molecule has 6 nitrogen and oxygen atoms in total. The maximum atomic E-state index is 15.1. The molecule has 1 fully saturated rings. The molecule has 0 unspecified atom stereocenters. The number of fused-ring (bicyclic) bond motifs is 2. The number of ketones is 1. The van der Waals surface area contributed by atoms with Gasteiger partial charge in [-0.05, 0) is 56.8 Å². The highest BCUT2D eigenvalue weighted by atomic mass is 32.2. The van der Waals surface area contributed by atoms with E-state index in [2.05, 4.69) is 9.88 Å². The predicted molar refractivity (Wildman–Crippen MR) is 124 cm³/mol. The summed E-state index contributed by atoms with van der Waals surface area (Å²) in [6.45, 7) is 0.268. The second-order valence-corrected chi connectivity index (χ2v) is 9.50. The number of Topliss-reactive ketones (excluding diaryl/α,β-unsaturated/α-hetero) is 1. The number of carbonyl (C=O) groups is 2. The average Bonchev–Trinajstić information content (AvgIpc) is 3.50. The first-order valence-electron chi connectivity index (χ1n) is 10.5. The second kappa shape index (κ2) is 7.86. The van der Waals surface area contributed by atoms with E-state index in [4.69, 9.17) is 0 Å². The van der Waals surface area contributed by atoms with Gasteiger partial charge in [0.2, 0.25) is 11.3 Å². The number of halogens is 1. The normalized spacial score (nSPS) is 15.4. The van der Waals surface area contributed by atoms with Crippen molar-refractivity contribution in [3.63, 3.8) is 0 Å². The SMILES string of the molecule is CN(C)CC(=O)Nc1ccc(-c2cc3c(cc2F)c(=O)c2c(n3C3CC3)SCC2=O)cc1. The highest BCUT2D eigenvalue weighted by Gasteiger charge is 2.35. The Balaban J connectivity index is 1.58. The molecule has 2 aromatic carbocycles. The van der Waals surface area contributed by atoms with Gasteiger partial charge in [-0.25, -0.2) is 4.39 Å². The van der Waals surface area contributed by atoms with Crippen LogP contribution in [0.4, 0.5) is 10.1 Å². The van der Waals surface area contributed by atoms with Crippen molar-refractivity contribution in [2.75, 3.05) is 31.7 Å². The lowest BCUT2D eigenvalue weighted by Gasteiger charge is -2.17. The fourth-order valence-corrected chi connectivity index (χ4v) is 5.29. The Kier molecular flexibility index (Phi) is 5.14. The minimum atomic E-state index is -0.514. The summed E-state index contributed by atoms with van der Waals surface area (Å²) in [4.78, 5) is 39.0. The molecule has 3 aromatic rings. The molecular formula is C24H22FN3O3S. The van der Waals surface area contributed by atoms with Gasteiger partial charge in [-0.2, -0.15) is 0 Å². The molecule has 0 bridgehead atoms. The van der Waals surface area contributed by atoms with Gasteiger partial charge in [0.15, 0.2) is 5.78 Å². The van der Waals surface area contributed by atoms with E-state index in [-0.39, 0.29) is 46.4 Å². The Morgan fingerprint density at radius 2 is 1.91 bits per heavy atom. The number of carbonyl (C=O) groups excluding carboxylic acids is 2. The van der Waals surface area contributed by atoms with Crippen LogP contribution in [0.25, 0.3) is 22.0 Å². The molecule has 2 heterocycles. The van der Waals surface area contributed by atoms with Gasteiger partial charge in [-0.1, -0.05) is 23.9 Å². The highest BCUT2D eigenvalue weighted by Crippen LogP contribution is 2.44. The van der Waals surface area contributed by atoms with Crippen LogP contribution in [0.2, 0.25) is 0 Å². The summed E-state index contributed by atoms with van der Waals surface area (Å²) in [7, 11) is 3.63. The first kappa shape index (κ1) is 20.9. The molecule has 2 aliphatic rings. The van der Waals surface area contributed by atoms with Gasteiger partial charge in [0, 0.05) is 22.7 Å². The fraction of sp³-hybridized carbons (Fsp3) is 0.292. The molecule has 164 valence electrons. The zero-order valence-electron chi connectivity index (χ0n) is 17.8. The van der Waals surface area contributed by atoms with Gasteiger partial charge in [0.1, 0.15) is 5.82 Å². The summed E-state index contributed by atoms with van der Waals surface area (Å²) in [6, 6.07) is 10.2. The van der Waals surface area contributed by atoms with Gasteiger partial charge >= 0.3 is 0 Å². The maximum absolute atomic E-state index is 15.1. The molecular weight excluding hydrogens is 429 g/mol. The Bertz CT molecular complexity index is 1330. The molecule has 0 atom stereocenters. The average molecular weight is 452 g/mol. The monoisotopic (exact) mass is 451 g/mol. The number of hydrogen-bond acceptors (Lipinski definition) is 5. The van der Waals surface area contributed by atoms with Gasteiger partial charge in [0.05, 0.1) is 28.4 Å². The number of amides is 1. The van der Waals surface area contributed by atoms with Gasteiger partial charge in [-0.15, -0.1) is 0 Å². The number of benzene rings is 2. The molecule has 0 spiro atoms. The van der Waals surface area contributed by atoms with Crippen molar-refractivity contribution in [1.29, 1.82) is 0 Å². The lowest BCUT2D eigenvalue weighted by molar-refractivity contribution is -0.116. The van der Waals surface area contributed by atoms with E-state index in [1.54, 1.807) is 35.2 Å². The van der Waals surface area contributed by atoms with E-state index in [1.807, 2.05) is 14.1 Å². The van der Waals surface area contributed by atoms with Crippen LogP contribution >= 0.6 is 11.8 Å². The minimum absolute atomic E-state index is 0.131. The highest BCUT2D eigenvalue weighted by molar-refractivity contribution is 8.00. The molecule has 32 heavy (non-hydrogen) atoms. The van der Waals surface area contributed by atoms with E-state index in [9.17, 15) is 14.4 Å². The van der Waals surface area contributed by atoms with Crippen LogP contribution in [-0.4, -0.2) is 47.6 Å². The van der Waals surface area contributed by atoms with E-state index in [1.165, 1.54) is 17.8 Å². The van der Waals surface area contributed by atoms with Gasteiger partial charge < -0.3 is 14.8 Å². The number of hydrogen-bond donors (Lipinski definition) is 1. The van der Waals surface area contributed by atoms with Crippen molar-refractivity contribution in [1.82, 2.24) is 9.47 Å². The summed E-state index contributed by atoms with van der Waals surface area (Å²) >= 11 is 1.39. The second-order valence-electron chi connectivity index (χ2n) is 8.53. The van der Waals surface area contributed by atoms with Crippen LogP contribution < -0.4 is 10.7 Å². The third kappa shape index (κ3) is 3.63. The molecule has 1 aromatic heterocycles. The number of rotatable bonds is 5. The summed E-state index contributed by atoms with van der Waals surface area (Å²) in [5, 5.41) is 3.78. The zero-order valence-corrected chi connectivity index (χ0v) is 18.6. The van der Waals surface area contributed by atoms with Gasteiger partial charge in [-0.3, -0.25) is 14.4 Å². The van der Waals surface area contributed by atoms with Crippen molar-refractivity contribution >= 4 is 40.0 Å². The van der Waals surface area contributed by atoms with Gasteiger partial charge in [0.25, 0.3) is 0 Å². The largest absolute Gasteiger partial charge is 0.332 e. The van der Waals surface area contributed by atoms with Crippen LogP contribution in [0.3, 0.4) is 0 Å². The minimum Gasteiger partial charge on any atom is -0.332 e. The Morgan fingerprint density at radius 3 is 2.56 bits per heavy atom. The Morgan fingerprint density at radius 1 is 1.19 bits per heavy atom. The van der Waals surface area contributed by atoms with Crippen LogP contribution in [0, 0.1) is 5.82 Å². The number of nitrogens with one attached hydrogen (secondary N) is 1. The first-order chi connectivity index (χ1) is 15.3. The maximum Gasteiger partial charge on any atom is 0.238 e. The third-order valence-electron chi connectivity index (χ3n) is 5.72. The molecule has 0 saturated heterocycles. The fourth-order valence-electron chi connectivity index (χ4n) is 4.14. The van der Waals surface area contributed by atoms with Crippen LogP contribution in [-0.2, 0) is 4.79 Å². The molecule has 8 heteroatoms. The van der Waals surface area contributed by atoms with Crippen LogP contribution in [0.1, 0.15) is 29.2 Å². The number of pyridine rings is 1. The molecule has 0 radical (unpaired) electrons. The molecule has 1 amide bonds. The number of anilines is 1. The van der Waals surface area contributed by atoms with Crippen LogP contribution in [0.15, 0.2) is 46.2 Å². The van der Waals surface area contributed by atoms with E-state index in [0.29, 0.717) is 27.4 Å². The number of thioether (sulfide) groups is 1. The van der Waals surface area contributed by atoms with E-state index >= 15 is 4.39 Å². The standard InChI is InChI=1S/C24H22FN3O3S/c1-27(2)11-21(30)26-14-5-3-13(4-6-14)16-10-19-17(9-18(16)25)23(31)22-20(29)12-32-24(22)28(19)15-7-8-15/h3-6,9-10,15H,7-8,11-12H2,1-2H3,(H,26,30). The van der Waals surface area contributed by atoms with Crippen molar-refractivity contribution < 1.29 is 14.0 Å². The summed E-state index contributed by atoms with van der Waals surface area (Å²) in [5.41, 5.74) is 2.15. The Labute approximate surface area is 188 Å². The summed E-state index contributed by atoms with van der Waals surface area (Å²) < 4.78 is 17.2. The molecule has 1 N–H and O–H groups in total. The molecule has 5 rings (SSSR count).